The first kappa shape index (κ1) is 17.9. The summed E-state index contributed by atoms with van der Waals surface area (Å²) in [5.41, 5.74) is -1.33. The summed E-state index contributed by atoms with van der Waals surface area (Å²) in [6.45, 7) is 1.52. The van der Waals surface area contributed by atoms with Crippen molar-refractivity contribution in [3.63, 3.8) is 0 Å². The lowest BCUT2D eigenvalue weighted by Gasteiger charge is -2.28. The van der Waals surface area contributed by atoms with Gasteiger partial charge in [0.05, 0.1) is 17.5 Å². The van der Waals surface area contributed by atoms with Crippen molar-refractivity contribution < 1.29 is 26.4 Å². The van der Waals surface area contributed by atoms with Gasteiger partial charge in [-0.2, -0.15) is 18.3 Å². The first-order valence-corrected chi connectivity index (χ1v) is 9.67. The molecule has 1 amide bonds. The number of rotatable bonds is 2. The average Bonchev–Trinajstić information content (AvgIpc) is 3.11. The van der Waals surface area contributed by atoms with Crippen molar-refractivity contribution >= 4 is 27.1 Å². The van der Waals surface area contributed by atoms with Crippen molar-refractivity contribution in [2.24, 2.45) is 7.05 Å². The van der Waals surface area contributed by atoms with Gasteiger partial charge in [0, 0.05) is 12.6 Å². The van der Waals surface area contributed by atoms with E-state index in [1.807, 2.05) is 0 Å². The molecule has 2 aromatic heterocycles. The summed E-state index contributed by atoms with van der Waals surface area (Å²) in [5, 5.41) is 6.89. The van der Waals surface area contributed by atoms with E-state index in [0.29, 0.717) is 11.8 Å². The summed E-state index contributed by atoms with van der Waals surface area (Å²) in [7, 11) is -2.23. The fourth-order valence-corrected chi connectivity index (χ4v) is 6.07. The van der Waals surface area contributed by atoms with Gasteiger partial charge >= 0.3 is 6.18 Å². The van der Waals surface area contributed by atoms with Crippen LogP contribution in [0.3, 0.4) is 0 Å². The Morgan fingerprint density at radius 1 is 1.44 bits per heavy atom. The largest absolute Gasteiger partial charge is 0.420 e. The Labute approximate surface area is 145 Å². The van der Waals surface area contributed by atoms with Crippen LogP contribution in [0.1, 0.15) is 41.0 Å². The van der Waals surface area contributed by atoms with Crippen molar-refractivity contribution in [3.8, 4) is 0 Å². The summed E-state index contributed by atoms with van der Waals surface area (Å²) in [6, 6.07) is 0.894. The van der Waals surface area contributed by atoms with Gasteiger partial charge in [-0.15, -0.1) is 11.3 Å². The highest BCUT2D eigenvalue weighted by molar-refractivity contribution is 7.94. The Morgan fingerprint density at radius 2 is 2.12 bits per heavy atom. The number of carbonyl (C=O) groups is 1. The number of sulfone groups is 1. The van der Waals surface area contributed by atoms with Crippen LogP contribution in [0.4, 0.5) is 13.2 Å². The number of aryl methyl sites for hydroxylation is 1. The monoisotopic (exact) mass is 393 g/mol. The number of nitrogens with zero attached hydrogens (tertiary/aromatic N) is 2. The summed E-state index contributed by atoms with van der Waals surface area (Å²) < 4.78 is 64.7. The van der Waals surface area contributed by atoms with E-state index >= 15 is 0 Å². The van der Waals surface area contributed by atoms with Gasteiger partial charge in [-0.05, 0) is 24.8 Å². The smallest absolute Gasteiger partial charge is 0.344 e. The van der Waals surface area contributed by atoms with Crippen LogP contribution in [0.5, 0.6) is 0 Å². The lowest BCUT2D eigenvalue weighted by atomic mass is 10.0. The van der Waals surface area contributed by atoms with Crippen LogP contribution >= 0.6 is 11.3 Å². The summed E-state index contributed by atoms with van der Waals surface area (Å²) in [6.07, 6.45) is -4.02. The van der Waals surface area contributed by atoms with E-state index < -0.39 is 44.5 Å². The number of alkyl halides is 3. The van der Waals surface area contributed by atoms with Crippen molar-refractivity contribution in [1.29, 1.82) is 0 Å². The van der Waals surface area contributed by atoms with Crippen LogP contribution in [-0.4, -0.2) is 29.4 Å². The van der Waals surface area contributed by atoms with E-state index in [1.54, 1.807) is 11.4 Å². The fraction of sp³-hybridized carbons (Fsp3) is 0.429. The number of fused-ring (bicyclic) bond motifs is 1. The molecule has 0 saturated heterocycles. The van der Waals surface area contributed by atoms with Crippen molar-refractivity contribution in [3.05, 3.63) is 34.5 Å². The van der Waals surface area contributed by atoms with Crippen LogP contribution in [0.25, 0.3) is 0 Å². The third-order valence-electron chi connectivity index (χ3n) is 4.15. The molecule has 1 aliphatic rings. The van der Waals surface area contributed by atoms with Crippen molar-refractivity contribution in [1.82, 2.24) is 15.1 Å². The molecule has 0 aromatic carbocycles. The number of carbonyl (C=O) groups excluding carboxylic acids is 1. The van der Waals surface area contributed by atoms with E-state index in [2.05, 4.69) is 10.4 Å². The third kappa shape index (κ3) is 2.95. The van der Waals surface area contributed by atoms with Gasteiger partial charge in [-0.25, -0.2) is 8.42 Å². The van der Waals surface area contributed by atoms with Crippen LogP contribution in [0, 0.1) is 0 Å². The minimum atomic E-state index is -4.71. The Morgan fingerprint density at radius 3 is 2.76 bits per heavy atom. The number of amides is 1. The molecule has 11 heteroatoms. The zero-order valence-corrected chi connectivity index (χ0v) is 14.8. The first-order chi connectivity index (χ1) is 11.5. The maximum absolute atomic E-state index is 13.0. The molecule has 136 valence electrons. The van der Waals surface area contributed by atoms with Crippen LogP contribution < -0.4 is 5.32 Å². The molecule has 25 heavy (non-hydrogen) atoms. The molecule has 0 radical (unpaired) electrons. The lowest BCUT2D eigenvalue weighted by Crippen LogP contribution is -2.37. The molecule has 0 saturated carbocycles. The van der Waals surface area contributed by atoms with Gasteiger partial charge in [0.2, 0.25) is 0 Å². The van der Waals surface area contributed by atoms with E-state index in [9.17, 15) is 26.4 Å². The van der Waals surface area contributed by atoms with Gasteiger partial charge in [-0.1, -0.05) is 0 Å². The topological polar surface area (TPSA) is 81.1 Å². The van der Waals surface area contributed by atoms with Gasteiger partial charge in [0.15, 0.2) is 9.84 Å². The van der Waals surface area contributed by atoms with Crippen molar-refractivity contribution in [2.75, 3.05) is 0 Å². The minimum Gasteiger partial charge on any atom is -0.344 e. The molecule has 2 aromatic rings. The van der Waals surface area contributed by atoms with Crippen molar-refractivity contribution in [2.45, 2.75) is 35.0 Å². The second-order valence-electron chi connectivity index (χ2n) is 5.81. The van der Waals surface area contributed by atoms with E-state index in [1.165, 1.54) is 14.0 Å². The highest BCUT2D eigenvalue weighted by atomic mass is 32.2. The van der Waals surface area contributed by atoms with E-state index in [-0.39, 0.29) is 10.6 Å². The number of aromatic nitrogens is 2. The molecule has 0 aliphatic carbocycles. The molecule has 2 atom stereocenters. The quantitative estimate of drug-likeness (QED) is 0.850. The molecular weight excluding hydrogens is 379 g/mol. The van der Waals surface area contributed by atoms with Crippen LogP contribution in [0.2, 0.25) is 0 Å². The number of thiophene rings is 1. The summed E-state index contributed by atoms with van der Waals surface area (Å²) in [5.74, 6) is -0.944. The molecule has 0 bridgehead atoms. The number of halogens is 3. The second kappa shape index (κ2) is 5.84. The predicted octanol–water partition coefficient (Wildman–Crippen LogP) is 2.54. The molecule has 1 N–H and O–H groups in total. The maximum atomic E-state index is 13.0. The molecular formula is C14H14F3N3O3S2. The molecule has 3 rings (SSSR count). The summed E-state index contributed by atoms with van der Waals surface area (Å²) in [4.78, 5) is 12.4. The number of nitrogens with one attached hydrogen (secondary N) is 1. The lowest BCUT2D eigenvalue weighted by molar-refractivity contribution is -0.138. The predicted molar refractivity (Wildman–Crippen MR) is 84.0 cm³/mol. The highest BCUT2D eigenvalue weighted by Gasteiger charge is 2.41. The molecule has 1 aliphatic heterocycles. The second-order valence-corrected chi connectivity index (χ2v) is 9.29. The van der Waals surface area contributed by atoms with Gasteiger partial charge in [0.1, 0.15) is 15.5 Å². The zero-order valence-electron chi connectivity index (χ0n) is 13.2. The maximum Gasteiger partial charge on any atom is 0.420 e. The molecule has 6 nitrogen and oxygen atoms in total. The van der Waals surface area contributed by atoms with Gasteiger partial charge in [-0.3, -0.25) is 9.48 Å². The molecule has 0 spiro atoms. The Kier molecular flexibility index (Phi) is 4.18. The Hall–Kier alpha value is -1.88. The van der Waals surface area contributed by atoms with Crippen LogP contribution in [0.15, 0.2) is 21.9 Å². The molecule has 3 heterocycles. The van der Waals surface area contributed by atoms with Gasteiger partial charge < -0.3 is 5.32 Å². The SMILES string of the molecule is C[C@H]1C[C@H](NC(=O)c2c(C(F)(F)F)cnn2C)c2ccsc2S1(=O)=O. The van der Waals surface area contributed by atoms with E-state index in [4.69, 9.17) is 0 Å². The van der Waals surface area contributed by atoms with Crippen LogP contribution in [-0.2, 0) is 23.1 Å². The Balaban J connectivity index is 1.95. The third-order valence-corrected chi connectivity index (χ3v) is 7.87. The fourth-order valence-electron chi connectivity index (χ4n) is 2.84. The molecule has 0 fully saturated rings. The highest BCUT2D eigenvalue weighted by Crippen LogP contribution is 2.40. The average molecular weight is 393 g/mol. The number of hydrogen-bond donors (Lipinski definition) is 1. The van der Waals surface area contributed by atoms with Gasteiger partial charge in [0.25, 0.3) is 5.91 Å². The van der Waals surface area contributed by atoms with E-state index in [0.717, 1.165) is 16.0 Å². The Bertz CT molecular complexity index is 931. The number of hydrogen-bond acceptors (Lipinski definition) is 5. The normalized spacial score (nSPS) is 22.4. The standard InChI is InChI=1S/C14H14F3N3O3S2/c1-7-5-10(8-3-4-24-13(8)25(7,22)23)19-12(21)11-9(14(15,16)17)6-18-20(11)2/h3-4,6-7,10H,5H2,1-2H3,(H,19,21)/t7-,10-/m0/s1. The first-order valence-electron chi connectivity index (χ1n) is 7.24. The summed E-state index contributed by atoms with van der Waals surface area (Å²) >= 11 is 1.04. The zero-order chi connectivity index (χ0) is 18.6. The minimum absolute atomic E-state index is 0.0943. The molecule has 0 unspecified atom stereocenters.